The van der Waals surface area contributed by atoms with Gasteiger partial charge in [0.15, 0.2) is 0 Å². The van der Waals surface area contributed by atoms with Gasteiger partial charge >= 0.3 is 0 Å². The van der Waals surface area contributed by atoms with Crippen LogP contribution < -0.4 is 0 Å². The van der Waals surface area contributed by atoms with Crippen LogP contribution in [-0.4, -0.2) is 0 Å². The molecule has 0 unspecified atom stereocenters. The van der Waals surface area contributed by atoms with E-state index in [0.29, 0.717) is 0 Å². The van der Waals surface area contributed by atoms with E-state index in [4.69, 9.17) is 0 Å². The molecule has 0 aliphatic heterocycles. The second-order valence-electron chi connectivity index (χ2n) is 6.02. The van der Waals surface area contributed by atoms with Crippen molar-refractivity contribution in [1.29, 1.82) is 0 Å². The smallest absolute Gasteiger partial charge is 0.00912 e. The highest BCUT2D eigenvalue weighted by Gasteiger charge is 1.99. The predicted octanol–water partition coefficient (Wildman–Crippen LogP) is 6.51. The maximum absolute atomic E-state index is 3.34. The molecular weight excluding hydrogens is 228 g/mol. The Bertz CT molecular complexity index is 270. The van der Waals surface area contributed by atoms with Gasteiger partial charge in [-0.15, -0.1) is 11.8 Å². The predicted molar refractivity (Wildman–Crippen MR) is 88.2 cm³/mol. The Morgan fingerprint density at radius 2 is 1.63 bits per heavy atom. The molecule has 0 aromatic rings. The third-order valence-corrected chi connectivity index (χ3v) is 3.50. The third-order valence-electron chi connectivity index (χ3n) is 3.50. The fraction of sp³-hybridized carbons (Fsp3) is 0.789. The number of hydrogen-bond donors (Lipinski definition) is 0. The van der Waals surface area contributed by atoms with E-state index < -0.39 is 0 Å². The van der Waals surface area contributed by atoms with E-state index in [1.54, 1.807) is 0 Å². The van der Waals surface area contributed by atoms with Crippen LogP contribution in [0.25, 0.3) is 0 Å². The zero-order valence-electron chi connectivity index (χ0n) is 13.7. The molecule has 0 saturated carbocycles. The van der Waals surface area contributed by atoms with E-state index in [2.05, 4.69) is 45.6 Å². The molecule has 0 amide bonds. The maximum atomic E-state index is 3.34. The third kappa shape index (κ3) is 15.2. The molecule has 0 heterocycles. The van der Waals surface area contributed by atoms with Crippen LogP contribution in [0.3, 0.4) is 0 Å². The molecule has 0 rings (SSSR count). The zero-order valence-corrected chi connectivity index (χ0v) is 13.7. The fourth-order valence-electron chi connectivity index (χ4n) is 2.11. The van der Waals surface area contributed by atoms with E-state index in [9.17, 15) is 0 Å². The highest BCUT2D eigenvalue weighted by atomic mass is 14.0. The topological polar surface area (TPSA) is 0 Å². The normalized spacial score (nSPS) is 11.6. The Labute approximate surface area is 122 Å². The molecule has 0 spiro atoms. The van der Waals surface area contributed by atoms with Gasteiger partial charge in [-0.1, -0.05) is 51.2 Å². The zero-order chi connectivity index (χ0) is 14.3. The molecule has 0 aromatic carbocycles. The summed E-state index contributed by atoms with van der Waals surface area (Å²) in [6, 6.07) is 0. The molecule has 0 heteroatoms. The summed E-state index contributed by atoms with van der Waals surface area (Å²) in [5.74, 6) is 7.49. The summed E-state index contributed by atoms with van der Waals surface area (Å²) in [6.07, 6.45) is 15.1. The van der Waals surface area contributed by atoms with Crippen LogP contribution in [0, 0.1) is 17.8 Å². The van der Waals surface area contributed by atoms with Crippen molar-refractivity contribution in [1.82, 2.24) is 0 Å². The number of hydrogen-bond acceptors (Lipinski definition) is 0. The molecule has 0 nitrogen and oxygen atoms in total. The van der Waals surface area contributed by atoms with Gasteiger partial charge in [0.05, 0.1) is 0 Å². The Balaban J connectivity index is 3.39. The van der Waals surface area contributed by atoms with Crippen LogP contribution in [0.2, 0.25) is 0 Å². The maximum Gasteiger partial charge on any atom is 0.00912 e. The number of unbranched alkanes of at least 4 members (excludes halogenated alkanes) is 5. The summed E-state index contributed by atoms with van der Waals surface area (Å²) in [6.45, 7) is 8.97. The van der Waals surface area contributed by atoms with Crippen molar-refractivity contribution in [2.45, 2.75) is 91.9 Å². The fourth-order valence-corrected chi connectivity index (χ4v) is 2.11. The van der Waals surface area contributed by atoms with Crippen molar-refractivity contribution in [3.8, 4) is 11.8 Å². The van der Waals surface area contributed by atoms with Gasteiger partial charge in [0.1, 0.15) is 0 Å². The van der Waals surface area contributed by atoms with Crippen LogP contribution in [0.4, 0.5) is 0 Å². The summed E-state index contributed by atoms with van der Waals surface area (Å²) >= 11 is 0. The first kappa shape index (κ1) is 18.3. The lowest BCUT2D eigenvalue weighted by Crippen LogP contribution is -1.93. The van der Waals surface area contributed by atoms with Crippen LogP contribution in [-0.2, 0) is 0 Å². The number of allylic oxidation sites excluding steroid dienone is 2. The van der Waals surface area contributed by atoms with E-state index in [0.717, 1.165) is 18.8 Å². The van der Waals surface area contributed by atoms with Crippen molar-refractivity contribution < 1.29 is 0 Å². The van der Waals surface area contributed by atoms with Gasteiger partial charge in [-0.3, -0.25) is 0 Å². The summed E-state index contributed by atoms with van der Waals surface area (Å²) < 4.78 is 0. The van der Waals surface area contributed by atoms with Crippen molar-refractivity contribution in [3.05, 3.63) is 11.6 Å². The minimum atomic E-state index is 0.814. The lowest BCUT2D eigenvalue weighted by Gasteiger charge is -2.06. The van der Waals surface area contributed by atoms with Crippen LogP contribution in [0.5, 0.6) is 0 Å². The van der Waals surface area contributed by atoms with Gasteiger partial charge in [-0.25, -0.2) is 0 Å². The first-order chi connectivity index (χ1) is 9.16. The molecular formula is C19H34. The quantitative estimate of drug-likeness (QED) is 0.239. The largest absolute Gasteiger partial charge is 0.103 e. The molecule has 0 aliphatic rings. The molecule has 0 radical (unpaired) electrons. The minimum Gasteiger partial charge on any atom is -0.103 e. The Hall–Kier alpha value is -0.700. The molecule has 0 saturated heterocycles. The van der Waals surface area contributed by atoms with Crippen molar-refractivity contribution >= 4 is 0 Å². The monoisotopic (exact) mass is 262 g/mol. The second-order valence-corrected chi connectivity index (χ2v) is 6.02. The average Bonchev–Trinajstić information content (AvgIpc) is 2.36. The van der Waals surface area contributed by atoms with Gasteiger partial charge < -0.3 is 0 Å². The van der Waals surface area contributed by atoms with E-state index >= 15 is 0 Å². The molecule has 0 bridgehead atoms. The first-order valence-electron chi connectivity index (χ1n) is 8.25. The van der Waals surface area contributed by atoms with Gasteiger partial charge in [0.25, 0.3) is 0 Å². The van der Waals surface area contributed by atoms with Crippen molar-refractivity contribution in [3.63, 3.8) is 0 Å². The summed E-state index contributed by atoms with van der Waals surface area (Å²) in [7, 11) is 0. The van der Waals surface area contributed by atoms with Gasteiger partial charge in [-0.05, 0) is 45.4 Å². The van der Waals surface area contributed by atoms with Gasteiger partial charge in [0, 0.05) is 12.8 Å². The SMILES string of the molecule is CCCCCCCC#CCC[C@H](C)CCC=C(C)C. The highest BCUT2D eigenvalue weighted by molar-refractivity contribution is 4.99. The summed E-state index contributed by atoms with van der Waals surface area (Å²) in [4.78, 5) is 0. The van der Waals surface area contributed by atoms with Crippen molar-refractivity contribution in [2.24, 2.45) is 5.92 Å². The molecule has 0 aliphatic carbocycles. The average molecular weight is 262 g/mol. The van der Waals surface area contributed by atoms with Crippen molar-refractivity contribution in [2.75, 3.05) is 0 Å². The molecule has 1 atom stereocenters. The molecule has 0 N–H and O–H groups in total. The van der Waals surface area contributed by atoms with E-state index in [-0.39, 0.29) is 0 Å². The lowest BCUT2D eigenvalue weighted by molar-refractivity contribution is 0.504. The summed E-state index contributed by atoms with van der Waals surface area (Å²) in [5.41, 5.74) is 1.44. The molecule has 0 aromatic heterocycles. The lowest BCUT2D eigenvalue weighted by atomic mass is 9.99. The first-order valence-corrected chi connectivity index (χ1v) is 8.25. The second kappa shape index (κ2) is 13.7. The molecule has 19 heavy (non-hydrogen) atoms. The highest BCUT2D eigenvalue weighted by Crippen LogP contribution is 2.13. The summed E-state index contributed by atoms with van der Waals surface area (Å²) in [5, 5.41) is 0. The van der Waals surface area contributed by atoms with E-state index in [1.165, 1.54) is 56.9 Å². The van der Waals surface area contributed by atoms with Gasteiger partial charge in [0.2, 0.25) is 0 Å². The Morgan fingerprint density at radius 1 is 0.947 bits per heavy atom. The van der Waals surface area contributed by atoms with Gasteiger partial charge in [-0.2, -0.15) is 0 Å². The van der Waals surface area contributed by atoms with E-state index in [1.807, 2.05) is 0 Å². The Morgan fingerprint density at radius 3 is 2.32 bits per heavy atom. The van der Waals surface area contributed by atoms with Crippen LogP contribution in [0.15, 0.2) is 11.6 Å². The van der Waals surface area contributed by atoms with Crippen LogP contribution >= 0.6 is 0 Å². The number of rotatable bonds is 10. The standard InChI is InChI=1S/C19H34/c1-5-6-7-8-9-10-11-12-13-16-19(4)17-14-15-18(2)3/h15,19H,5-10,13-14,16-17H2,1-4H3/t19-/m0/s1. The molecule has 110 valence electrons. The minimum absolute atomic E-state index is 0.814. The van der Waals surface area contributed by atoms with Crippen LogP contribution in [0.1, 0.15) is 91.9 Å². The Kier molecular flexibility index (Phi) is 13.2. The molecule has 0 fully saturated rings.